The molecule has 2 heterocycles. The molecule has 0 aliphatic carbocycles. The Balaban J connectivity index is 1.74. The van der Waals surface area contributed by atoms with E-state index in [0.717, 1.165) is 45.0 Å². The van der Waals surface area contributed by atoms with E-state index >= 15 is 0 Å². The molecule has 0 fully saturated rings. The number of halogens is 1. The molecule has 0 unspecified atom stereocenters. The number of ether oxygens (including phenoxy) is 1. The summed E-state index contributed by atoms with van der Waals surface area (Å²) in [6.07, 6.45) is -0.150. The number of aliphatic carboxylic acids is 1. The molecule has 1 atom stereocenters. The van der Waals surface area contributed by atoms with Crippen molar-refractivity contribution < 1.29 is 14.6 Å². The summed E-state index contributed by atoms with van der Waals surface area (Å²) in [5.74, 6) is -1.02. The van der Waals surface area contributed by atoms with Gasteiger partial charge >= 0.3 is 5.97 Å². The van der Waals surface area contributed by atoms with Gasteiger partial charge in [-0.3, -0.25) is 0 Å². The van der Waals surface area contributed by atoms with E-state index in [9.17, 15) is 9.90 Å². The van der Waals surface area contributed by atoms with Crippen LogP contribution < -0.4 is 4.90 Å². The molecule has 4 aromatic rings. The van der Waals surface area contributed by atoms with E-state index in [0.29, 0.717) is 10.6 Å². The van der Waals surface area contributed by atoms with Crippen molar-refractivity contribution >= 4 is 49.9 Å². The highest BCUT2D eigenvalue weighted by Gasteiger charge is 2.33. The molecule has 0 saturated carbocycles. The maximum Gasteiger partial charge on any atom is 0.337 e. The summed E-state index contributed by atoms with van der Waals surface area (Å²) in [6, 6.07) is 16.0. The third kappa shape index (κ3) is 4.61. The SMILES string of the molecule is Cc1ccc2c(c1)CCN2c1nc2cc(C)c([C@H](OC(C)(C)C)C(=O)O)c(-c3ccc(Cl)cc3)c2s1. The van der Waals surface area contributed by atoms with Gasteiger partial charge in [-0.1, -0.05) is 52.8 Å². The lowest BCUT2D eigenvalue weighted by atomic mass is 9.91. The van der Waals surface area contributed by atoms with Gasteiger partial charge in [0.15, 0.2) is 11.2 Å². The number of aromatic nitrogens is 1. The molecule has 1 aliphatic rings. The molecule has 36 heavy (non-hydrogen) atoms. The maximum absolute atomic E-state index is 12.5. The summed E-state index contributed by atoms with van der Waals surface area (Å²) in [5.41, 5.74) is 7.18. The van der Waals surface area contributed by atoms with Gasteiger partial charge in [-0.05, 0) is 82.0 Å². The minimum absolute atomic E-state index is 0.624. The van der Waals surface area contributed by atoms with Crippen molar-refractivity contribution in [2.45, 2.75) is 52.7 Å². The topological polar surface area (TPSA) is 62.7 Å². The summed E-state index contributed by atoms with van der Waals surface area (Å²) < 4.78 is 7.06. The predicted octanol–water partition coefficient (Wildman–Crippen LogP) is 7.87. The van der Waals surface area contributed by atoms with Crippen LogP contribution in [0.3, 0.4) is 0 Å². The molecule has 186 valence electrons. The van der Waals surface area contributed by atoms with Crippen LogP contribution in [0.25, 0.3) is 21.3 Å². The molecule has 3 aromatic carbocycles. The highest BCUT2D eigenvalue weighted by atomic mass is 35.5. The first-order valence-corrected chi connectivity index (χ1v) is 13.2. The van der Waals surface area contributed by atoms with E-state index in [2.05, 4.69) is 30.0 Å². The van der Waals surface area contributed by atoms with Crippen molar-refractivity contribution in [1.29, 1.82) is 0 Å². The normalized spacial score (nSPS) is 14.3. The Morgan fingerprint density at radius 1 is 1.14 bits per heavy atom. The second-order valence-corrected chi connectivity index (χ2v) is 11.7. The van der Waals surface area contributed by atoms with Gasteiger partial charge < -0.3 is 14.7 Å². The lowest BCUT2D eigenvalue weighted by Gasteiger charge is -2.28. The Kier molecular flexibility index (Phi) is 6.31. The van der Waals surface area contributed by atoms with Crippen LogP contribution in [0.4, 0.5) is 10.8 Å². The molecule has 1 aliphatic heterocycles. The molecule has 0 spiro atoms. The van der Waals surface area contributed by atoms with E-state index in [1.807, 2.05) is 58.0 Å². The molecule has 0 bridgehead atoms. The van der Waals surface area contributed by atoms with Crippen molar-refractivity contribution in [2.24, 2.45) is 0 Å². The number of carboxylic acid groups (broad SMARTS) is 1. The first kappa shape index (κ1) is 24.8. The zero-order valence-corrected chi connectivity index (χ0v) is 22.6. The number of benzene rings is 3. The van der Waals surface area contributed by atoms with Crippen LogP contribution in [0.5, 0.6) is 0 Å². The molecule has 5 nitrogen and oxygen atoms in total. The van der Waals surface area contributed by atoms with Gasteiger partial charge in [0, 0.05) is 28.4 Å². The number of fused-ring (bicyclic) bond motifs is 2. The van der Waals surface area contributed by atoms with Gasteiger partial charge in [0.2, 0.25) is 0 Å². The molecule has 7 heteroatoms. The minimum atomic E-state index is -1.12. The summed E-state index contributed by atoms with van der Waals surface area (Å²) in [5, 5.41) is 11.8. The number of carboxylic acids is 1. The number of thiazole rings is 1. The second-order valence-electron chi connectivity index (χ2n) is 10.3. The number of rotatable bonds is 5. The van der Waals surface area contributed by atoms with Crippen LogP contribution in [0, 0.1) is 13.8 Å². The second kappa shape index (κ2) is 9.18. The highest BCUT2D eigenvalue weighted by molar-refractivity contribution is 7.22. The van der Waals surface area contributed by atoms with E-state index in [4.69, 9.17) is 21.3 Å². The number of hydrogen-bond acceptors (Lipinski definition) is 5. The Hall–Kier alpha value is -2.93. The number of carbonyl (C=O) groups is 1. The van der Waals surface area contributed by atoms with Crippen molar-refractivity contribution in [2.75, 3.05) is 11.4 Å². The van der Waals surface area contributed by atoms with Gasteiger partial charge in [-0.2, -0.15) is 0 Å². The monoisotopic (exact) mass is 520 g/mol. The lowest BCUT2D eigenvalue weighted by Crippen LogP contribution is -2.28. The van der Waals surface area contributed by atoms with Crippen LogP contribution in [0.15, 0.2) is 48.5 Å². The largest absolute Gasteiger partial charge is 0.479 e. The Morgan fingerprint density at radius 3 is 2.53 bits per heavy atom. The van der Waals surface area contributed by atoms with Crippen LogP contribution in [0.1, 0.15) is 49.1 Å². The van der Waals surface area contributed by atoms with Crippen LogP contribution >= 0.6 is 22.9 Å². The van der Waals surface area contributed by atoms with Crippen molar-refractivity contribution in [3.63, 3.8) is 0 Å². The summed E-state index contributed by atoms with van der Waals surface area (Å²) in [6.45, 7) is 10.5. The molecule has 1 N–H and O–H groups in total. The molecule has 5 rings (SSSR count). The van der Waals surface area contributed by atoms with E-state index in [-0.39, 0.29) is 0 Å². The van der Waals surface area contributed by atoms with Crippen LogP contribution in [-0.4, -0.2) is 28.2 Å². The number of hydrogen-bond donors (Lipinski definition) is 1. The maximum atomic E-state index is 12.5. The Morgan fingerprint density at radius 2 is 1.86 bits per heavy atom. The van der Waals surface area contributed by atoms with Crippen molar-refractivity contribution in [3.05, 3.63) is 75.8 Å². The Bertz CT molecular complexity index is 1470. The fourth-order valence-corrected chi connectivity index (χ4v) is 6.16. The first-order valence-electron chi connectivity index (χ1n) is 12.0. The fraction of sp³-hybridized carbons (Fsp3) is 0.310. The standard InChI is InChI=1S/C29H29ClN2O3S/c1-16-6-11-22-19(14-16)12-13-32(22)28-31-21-15-17(2)23(25(27(33)34)35-29(3,4)5)24(26(21)36-28)18-7-9-20(30)10-8-18/h6-11,14-15,25H,12-13H2,1-5H3,(H,33,34)/t25-/m0/s1. The minimum Gasteiger partial charge on any atom is -0.479 e. The fourth-order valence-electron chi connectivity index (χ4n) is 4.87. The third-order valence-electron chi connectivity index (χ3n) is 6.37. The highest BCUT2D eigenvalue weighted by Crippen LogP contribution is 2.46. The molecular weight excluding hydrogens is 492 g/mol. The van der Waals surface area contributed by atoms with E-state index in [1.165, 1.54) is 16.8 Å². The van der Waals surface area contributed by atoms with Crippen LogP contribution in [-0.2, 0) is 16.0 Å². The molecule has 0 radical (unpaired) electrons. The number of aryl methyl sites for hydroxylation is 2. The molecule has 0 saturated heterocycles. The third-order valence-corrected chi connectivity index (χ3v) is 7.73. The van der Waals surface area contributed by atoms with Gasteiger partial charge in [0.1, 0.15) is 0 Å². The average Bonchev–Trinajstić information content (AvgIpc) is 3.40. The number of nitrogens with zero attached hydrogens (tertiary/aromatic N) is 2. The zero-order valence-electron chi connectivity index (χ0n) is 21.1. The summed E-state index contributed by atoms with van der Waals surface area (Å²) >= 11 is 7.79. The quantitative estimate of drug-likeness (QED) is 0.290. The van der Waals surface area contributed by atoms with Crippen molar-refractivity contribution in [3.8, 4) is 11.1 Å². The van der Waals surface area contributed by atoms with Gasteiger partial charge in [0.25, 0.3) is 0 Å². The van der Waals surface area contributed by atoms with Crippen molar-refractivity contribution in [1.82, 2.24) is 4.98 Å². The van der Waals surface area contributed by atoms with E-state index in [1.54, 1.807) is 11.3 Å². The number of anilines is 2. The Labute approximate surface area is 220 Å². The van der Waals surface area contributed by atoms with E-state index < -0.39 is 17.7 Å². The smallest absolute Gasteiger partial charge is 0.337 e. The molecular formula is C29H29ClN2O3S. The summed E-state index contributed by atoms with van der Waals surface area (Å²) in [7, 11) is 0. The summed E-state index contributed by atoms with van der Waals surface area (Å²) in [4.78, 5) is 19.8. The first-order chi connectivity index (χ1) is 17.0. The van der Waals surface area contributed by atoms with Gasteiger partial charge in [-0.15, -0.1) is 0 Å². The molecule has 1 aromatic heterocycles. The molecule has 0 amide bonds. The van der Waals surface area contributed by atoms with Gasteiger partial charge in [0.05, 0.1) is 15.8 Å². The predicted molar refractivity (Wildman–Crippen MR) is 148 cm³/mol. The average molecular weight is 521 g/mol. The lowest BCUT2D eigenvalue weighted by molar-refractivity contribution is -0.160. The zero-order chi connectivity index (χ0) is 25.8. The van der Waals surface area contributed by atoms with Crippen LogP contribution in [0.2, 0.25) is 5.02 Å². The van der Waals surface area contributed by atoms with Gasteiger partial charge in [-0.25, -0.2) is 9.78 Å².